The smallest absolute Gasteiger partial charge is 0.227 e. The van der Waals surface area contributed by atoms with E-state index in [9.17, 15) is 9.59 Å². The van der Waals surface area contributed by atoms with Gasteiger partial charge in [-0.1, -0.05) is 24.3 Å². The Morgan fingerprint density at radius 2 is 1.85 bits per heavy atom. The molecule has 0 radical (unpaired) electrons. The van der Waals surface area contributed by atoms with Gasteiger partial charge >= 0.3 is 0 Å². The van der Waals surface area contributed by atoms with Crippen molar-refractivity contribution in [1.29, 1.82) is 0 Å². The number of hydrogen-bond donors (Lipinski definition) is 1. The van der Waals surface area contributed by atoms with E-state index in [1.165, 1.54) is 0 Å². The van der Waals surface area contributed by atoms with Gasteiger partial charge in [0.15, 0.2) is 11.5 Å². The summed E-state index contributed by atoms with van der Waals surface area (Å²) in [5.74, 6) is 1.42. The van der Waals surface area contributed by atoms with E-state index in [1.807, 2.05) is 48.5 Å². The van der Waals surface area contributed by atoms with Crippen molar-refractivity contribution >= 4 is 17.5 Å². The van der Waals surface area contributed by atoms with Crippen molar-refractivity contribution in [3.63, 3.8) is 0 Å². The Bertz CT molecular complexity index is 789. The molecule has 0 unspecified atom stereocenters. The molecule has 142 valence electrons. The Morgan fingerprint density at radius 3 is 2.52 bits per heavy atom. The van der Waals surface area contributed by atoms with E-state index in [0.29, 0.717) is 37.5 Å². The number of carbonyl (C=O) groups excluding carboxylic acids is 2. The van der Waals surface area contributed by atoms with Gasteiger partial charge in [-0.25, -0.2) is 0 Å². The molecule has 2 aromatic carbocycles. The summed E-state index contributed by atoms with van der Waals surface area (Å²) in [4.78, 5) is 25.6. The topological polar surface area (TPSA) is 67.9 Å². The lowest BCUT2D eigenvalue weighted by molar-refractivity contribution is -0.120. The van der Waals surface area contributed by atoms with Crippen molar-refractivity contribution in [2.24, 2.45) is 0 Å². The van der Waals surface area contributed by atoms with Gasteiger partial charge in [0.1, 0.15) is 6.61 Å². The fourth-order valence-corrected chi connectivity index (χ4v) is 3.05. The van der Waals surface area contributed by atoms with Crippen LogP contribution < -0.4 is 19.7 Å². The predicted molar refractivity (Wildman–Crippen MR) is 103 cm³/mol. The molecule has 3 rings (SSSR count). The normalized spacial score (nSPS) is 13.5. The first-order chi connectivity index (χ1) is 13.2. The highest BCUT2D eigenvalue weighted by atomic mass is 16.5. The minimum atomic E-state index is -0.0661. The van der Waals surface area contributed by atoms with E-state index in [0.717, 1.165) is 24.2 Å². The number of anilines is 1. The second kappa shape index (κ2) is 9.07. The number of carbonyl (C=O) groups is 2. The van der Waals surface area contributed by atoms with E-state index >= 15 is 0 Å². The van der Waals surface area contributed by atoms with E-state index < -0.39 is 0 Å². The van der Waals surface area contributed by atoms with Crippen LogP contribution in [0, 0.1) is 0 Å². The number of hydrogen-bond acceptors (Lipinski definition) is 4. The molecule has 1 fully saturated rings. The van der Waals surface area contributed by atoms with Crippen LogP contribution in [0.2, 0.25) is 0 Å². The molecule has 0 spiro atoms. The average Bonchev–Trinajstić information content (AvgIpc) is 3.12. The highest BCUT2D eigenvalue weighted by Gasteiger charge is 2.21. The van der Waals surface area contributed by atoms with Gasteiger partial charge < -0.3 is 19.7 Å². The molecular weight excluding hydrogens is 344 g/mol. The SMILES string of the molecule is COc1ccccc1OCCNC(=O)Cc1ccc(N2CCCC2=O)cc1. The van der Waals surface area contributed by atoms with E-state index in [1.54, 1.807) is 12.0 Å². The number of nitrogens with zero attached hydrogens (tertiary/aromatic N) is 1. The van der Waals surface area contributed by atoms with E-state index in [2.05, 4.69) is 5.32 Å². The van der Waals surface area contributed by atoms with Crippen LogP contribution in [0.3, 0.4) is 0 Å². The fraction of sp³-hybridized carbons (Fsp3) is 0.333. The third-order valence-electron chi connectivity index (χ3n) is 4.44. The van der Waals surface area contributed by atoms with Crippen LogP contribution in [-0.4, -0.2) is 38.6 Å². The molecule has 0 aliphatic carbocycles. The van der Waals surface area contributed by atoms with Gasteiger partial charge in [-0.05, 0) is 36.2 Å². The molecule has 1 aliphatic rings. The molecule has 0 aromatic heterocycles. The van der Waals surface area contributed by atoms with Gasteiger partial charge in [-0.2, -0.15) is 0 Å². The van der Waals surface area contributed by atoms with Crippen molar-refractivity contribution in [3.8, 4) is 11.5 Å². The maximum absolute atomic E-state index is 12.1. The summed E-state index contributed by atoms with van der Waals surface area (Å²) in [6, 6.07) is 15.0. The lowest BCUT2D eigenvalue weighted by Gasteiger charge is -2.16. The molecule has 0 bridgehead atoms. The molecule has 2 amide bonds. The number of rotatable bonds is 8. The summed E-state index contributed by atoms with van der Waals surface area (Å²) in [7, 11) is 1.59. The van der Waals surface area contributed by atoms with Crippen LogP contribution in [0.1, 0.15) is 18.4 Å². The predicted octanol–water partition coefficient (Wildman–Crippen LogP) is 2.56. The first-order valence-corrected chi connectivity index (χ1v) is 9.09. The minimum absolute atomic E-state index is 0.0661. The summed E-state index contributed by atoms with van der Waals surface area (Å²) in [5, 5.41) is 2.85. The number of para-hydroxylation sites is 2. The Hall–Kier alpha value is -3.02. The first kappa shape index (κ1) is 18.8. The summed E-state index contributed by atoms with van der Waals surface area (Å²) in [5.41, 5.74) is 1.81. The standard InChI is InChI=1S/C21H24N2O4/c1-26-18-5-2-3-6-19(18)27-14-12-22-20(24)15-16-8-10-17(11-9-16)23-13-4-7-21(23)25/h2-3,5-6,8-11H,4,7,12-15H2,1H3,(H,22,24). The number of amides is 2. The molecule has 0 saturated carbocycles. The monoisotopic (exact) mass is 368 g/mol. The third-order valence-corrected chi connectivity index (χ3v) is 4.44. The van der Waals surface area contributed by atoms with Gasteiger partial charge in [0.2, 0.25) is 11.8 Å². The molecule has 2 aromatic rings. The molecule has 6 nitrogen and oxygen atoms in total. The van der Waals surface area contributed by atoms with Gasteiger partial charge in [0, 0.05) is 18.7 Å². The highest BCUT2D eigenvalue weighted by molar-refractivity contribution is 5.95. The zero-order valence-electron chi connectivity index (χ0n) is 15.4. The fourth-order valence-electron chi connectivity index (χ4n) is 3.05. The molecule has 27 heavy (non-hydrogen) atoms. The number of ether oxygens (including phenoxy) is 2. The lowest BCUT2D eigenvalue weighted by Crippen LogP contribution is -2.29. The Labute approximate surface area is 159 Å². The minimum Gasteiger partial charge on any atom is -0.493 e. The van der Waals surface area contributed by atoms with Crippen molar-refractivity contribution < 1.29 is 19.1 Å². The van der Waals surface area contributed by atoms with Crippen LogP contribution in [0.5, 0.6) is 11.5 Å². The molecular formula is C21H24N2O4. The second-order valence-corrected chi connectivity index (χ2v) is 6.34. The largest absolute Gasteiger partial charge is 0.493 e. The van der Waals surface area contributed by atoms with Gasteiger partial charge in [0.25, 0.3) is 0 Å². The second-order valence-electron chi connectivity index (χ2n) is 6.34. The van der Waals surface area contributed by atoms with Crippen LogP contribution in [0.15, 0.2) is 48.5 Å². The van der Waals surface area contributed by atoms with E-state index in [-0.39, 0.29) is 11.8 Å². The Balaban J connectivity index is 1.42. The molecule has 1 N–H and O–H groups in total. The summed E-state index contributed by atoms with van der Waals surface area (Å²) < 4.78 is 10.9. The number of methoxy groups -OCH3 is 1. The van der Waals surface area contributed by atoms with Crippen molar-refractivity contribution in [2.75, 3.05) is 31.7 Å². The zero-order valence-corrected chi connectivity index (χ0v) is 15.4. The molecule has 6 heteroatoms. The Kier molecular flexibility index (Phi) is 6.30. The Morgan fingerprint density at radius 1 is 1.11 bits per heavy atom. The first-order valence-electron chi connectivity index (χ1n) is 9.09. The van der Waals surface area contributed by atoms with Crippen LogP contribution >= 0.6 is 0 Å². The van der Waals surface area contributed by atoms with Crippen molar-refractivity contribution in [2.45, 2.75) is 19.3 Å². The summed E-state index contributed by atoms with van der Waals surface area (Å²) >= 11 is 0. The van der Waals surface area contributed by atoms with Gasteiger partial charge in [0.05, 0.1) is 20.1 Å². The lowest BCUT2D eigenvalue weighted by atomic mass is 10.1. The highest BCUT2D eigenvalue weighted by Crippen LogP contribution is 2.25. The zero-order chi connectivity index (χ0) is 19.1. The van der Waals surface area contributed by atoms with Crippen LogP contribution in [0.25, 0.3) is 0 Å². The molecule has 1 saturated heterocycles. The van der Waals surface area contributed by atoms with Gasteiger partial charge in [-0.3, -0.25) is 9.59 Å². The van der Waals surface area contributed by atoms with Gasteiger partial charge in [-0.15, -0.1) is 0 Å². The third kappa shape index (κ3) is 5.00. The van der Waals surface area contributed by atoms with Crippen molar-refractivity contribution in [1.82, 2.24) is 5.32 Å². The maximum Gasteiger partial charge on any atom is 0.227 e. The average molecular weight is 368 g/mol. The van der Waals surface area contributed by atoms with Crippen molar-refractivity contribution in [3.05, 3.63) is 54.1 Å². The van der Waals surface area contributed by atoms with Crippen LogP contribution in [0.4, 0.5) is 5.69 Å². The molecule has 1 heterocycles. The maximum atomic E-state index is 12.1. The summed E-state index contributed by atoms with van der Waals surface area (Å²) in [6.07, 6.45) is 1.81. The van der Waals surface area contributed by atoms with E-state index in [4.69, 9.17) is 9.47 Å². The number of benzene rings is 2. The molecule has 1 aliphatic heterocycles. The van der Waals surface area contributed by atoms with Crippen LogP contribution in [-0.2, 0) is 16.0 Å². The molecule has 0 atom stereocenters. The number of nitrogens with one attached hydrogen (secondary N) is 1. The summed E-state index contributed by atoms with van der Waals surface area (Å²) in [6.45, 7) is 1.55. The quantitative estimate of drug-likeness (QED) is 0.727.